The molecule has 1 N–H and O–H groups in total. The third-order valence-corrected chi connectivity index (χ3v) is 4.08. The van der Waals surface area contributed by atoms with Crippen LogP contribution in [-0.4, -0.2) is 22.0 Å². The van der Waals surface area contributed by atoms with Crippen molar-refractivity contribution in [1.82, 2.24) is 9.97 Å². The van der Waals surface area contributed by atoms with Gasteiger partial charge >= 0.3 is 5.97 Å². The van der Waals surface area contributed by atoms with Crippen LogP contribution in [0.4, 0.5) is 11.4 Å². The second-order valence-electron chi connectivity index (χ2n) is 6.77. The third kappa shape index (κ3) is 3.67. The molecular weight excluding hydrogens is 326 g/mol. The van der Waals surface area contributed by atoms with Gasteiger partial charge in [0.1, 0.15) is 5.56 Å². The highest BCUT2D eigenvalue weighted by Gasteiger charge is 2.19. The molecule has 0 atom stereocenters. The highest BCUT2D eigenvalue weighted by molar-refractivity contribution is 6.05. The predicted molar refractivity (Wildman–Crippen MR) is 104 cm³/mol. The van der Waals surface area contributed by atoms with Crippen molar-refractivity contribution < 1.29 is 9.53 Å². The van der Waals surface area contributed by atoms with E-state index >= 15 is 0 Å². The van der Waals surface area contributed by atoms with Gasteiger partial charge in [0.2, 0.25) is 0 Å². The van der Waals surface area contributed by atoms with Gasteiger partial charge in [0, 0.05) is 23.0 Å². The number of aromatic nitrogens is 2. The molecule has 0 aliphatic carbocycles. The molecule has 5 heteroatoms. The first-order valence-electron chi connectivity index (χ1n) is 8.67. The van der Waals surface area contributed by atoms with E-state index in [1.807, 2.05) is 46.8 Å². The van der Waals surface area contributed by atoms with Gasteiger partial charge in [0.25, 0.3) is 0 Å². The molecule has 26 heavy (non-hydrogen) atoms. The zero-order valence-electron chi connectivity index (χ0n) is 15.8. The highest BCUT2D eigenvalue weighted by Crippen LogP contribution is 2.31. The van der Waals surface area contributed by atoms with E-state index in [1.165, 1.54) is 6.20 Å². The summed E-state index contributed by atoms with van der Waals surface area (Å²) in [6, 6.07) is 10.0. The molecule has 0 spiro atoms. The maximum Gasteiger partial charge on any atom is 0.342 e. The van der Waals surface area contributed by atoms with Gasteiger partial charge in [-0.05, 0) is 63.9 Å². The number of carbonyl (C=O) groups is 1. The Morgan fingerprint density at radius 1 is 1.12 bits per heavy atom. The van der Waals surface area contributed by atoms with Gasteiger partial charge < -0.3 is 10.1 Å². The van der Waals surface area contributed by atoms with Crippen molar-refractivity contribution in [3.63, 3.8) is 0 Å². The molecule has 0 saturated carbocycles. The lowest BCUT2D eigenvalue weighted by Crippen LogP contribution is -2.14. The number of benzene rings is 1. The standard InChI is InChI=1S/C21H23N3O2/c1-12(2)26-21(25)17-11-22-20-16(9-8-15(5)23-20)19(17)24-18-10-13(3)6-7-14(18)4/h6-12H,1-5H3,(H,22,23,24). The summed E-state index contributed by atoms with van der Waals surface area (Å²) in [6.45, 7) is 9.64. The van der Waals surface area contributed by atoms with E-state index in [-0.39, 0.29) is 6.10 Å². The Hall–Kier alpha value is -2.95. The van der Waals surface area contributed by atoms with Crippen molar-refractivity contribution in [2.45, 2.75) is 40.7 Å². The molecule has 0 aliphatic heterocycles. The van der Waals surface area contributed by atoms with Crippen LogP contribution in [0.15, 0.2) is 36.5 Å². The van der Waals surface area contributed by atoms with Crippen LogP contribution in [0.25, 0.3) is 11.0 Å². The predicted octanol–water partition coefficient (Wildman–Crippen LogP) is 4.86. The molecule has 1 aromatic carbocycles. The Bertz CT molecular complexity index is 980. The summed E-state index contributed by atoms with van der Waals surface area (Å²) in [7, 11) is 0. The van der Waals surface area contributed by atoms with Gasteiger partial charge in [-0.15, -0.1) is 0 Å². The fourth-order valence-corrected chi connectivity index (χ4v) is 2.74. The minimum Gasteiger partial charge on any atom is -0.459 e. The van der Waals surface area contributed by atoms with Gasteiger partial charge in [-0.3, -0.25) is 0 Å². The summed E-state index contributed by atoms with van der Waals surface area (Å²) in [6.07, 6.45) is 1.33. The van der Waals surface area contributed by atoms with Crippen LogP contribution in [0.2, 0.25) is 0 Å². The van der Waals surface area contributed by atoms with Gasteiger partial charge in [0.15, 0.2) is 5.65 Å². The Kier molecular flexibility index (Phi) is 4.89. The molecule has 0 unspecified atom stereocenters. The normalized spacial score (nSPS) is 11.0. The number of ether oxygens (including phenoxy) is 1. The van der Waals surface area contributed by atoms with E-state index in [2.05, 4.69) is 33.5 Å². The minimum absolute atomic E-state index is 0.206. The summed E-state index contributed by atoms with van der Waals surface area (Å²) >= 11 is 0. The number of nitrogens with one attached hydrogen (secondary N) is 1. The molecular formula is C21H23N3O2. The number of aryl methyl sites for hydroxylation is 3. The van der Waals surface area contributed by atoms with Crippen LogP contribution >= 0.6 is 0 Å². The summed E-state index contributed by atoms with van der Waals surface area (Å²) in [5.74, 6) is -0.400. The number of nitrogens with zero attached hydrogens (tertiary/aromatic N) is 2. The first kappa shape index (κ1) is 17.9. The SMILES string of the molecule is Cc1ccc(C)c(Nc2c(C(=O)OC(C)C)cnc3nc(C)ccc23)c1. The minimum atomic E-state index is -0.400. The van der Waals surface area contributed by atoms with Gasteiger partial charge in [-0.25, -0.2) is 14.8 Å². The number of hydrogen-bond donors (Lipinski definition) is 1. The van der Waals surface area contributed by atoms with Crippen molar-refractivity contribution >= 4 is 28.4 Å². The van der Waals surface area contributed by atoms with E-state index in [9.17, 15) is 4.79 Å². The first-order chi connectivity index (χ1) is 12.3. The van der Waals surface area contributed by atoms with Crippen LogP contribution in [0, 0.1) is 20.8 Å². The molecule has 3 rings (SSSR count). The Balaban J connectivity index is 2.18. The molecule has 0 amide bonds. The number of pyridine rings is 2. The van der Waals surface area contributed by atoms with E-state index in [4.69, 9.17) is 4.74 Å². The fourth-order valence-electron chi connectivity index (χ4n) is 2.74. The number of rotatable bonds is 4. The molecule has 3 aromatic rings. The van der Waals surface area contributed by atoms with Crippen LogP contribution in [0.3, 0.4) is 0 Å². The summed E-state index contributed by atoms with van der Waals surface area (Å²) < 4.78 is 5.40. The van der Waals surface area contributed by atoms with Gasteiger partial charge in [0.05, 0.1) is 11.8 Å². The molecule has 0 radical (unpaired) electrons. The lowest BCUT2D eigenvalue weighted by atomic mass is 10.1. The molecule has 0 saturated heterocycles. The number of fused-ring (bicyclic) bond motifs is 1. The van der Waals surface area contributed by atoms with E-state index in [0.717, 1.165) is 27.9 Å². The quantitative estimate of drug-likeness (QED) is 0.681. The second-order valence-corrected chi connectivity index (χ2v) is 6.77. The molecule has 5 nitrogen and oxygen atoms in total. The highest BCUT2D eigenvalue weighted by atomic mass is 16.5. The third-order valence-electron chi connectivity index (χ3n) is 4.08. The van der Waals surface area contributed by atoms with Crippen molar-refractivity contribution in [1.29, 1.82) is 0 Å². The van der Waals surface area contributed by atoms with Crippen LogP contribution in [-0.2, 0) is 4.74 Å². The van der Waals surface area contributed by atoms with Crippen molar-refractivity contribution in [2.24, 2.45) is 0 Å². The first-order valence-corrected chi connectivity index (χ1v) is 8.67. The molecule has 2 aromatic heterocycles. The monoisotopic (exact) mass is 349 g/mol. The maximum atomic E-state index is 12.6. The van der Waals surface area contributed by atoms with Crippen molar-refractivity contribution in [3.05, 3.63) is 58.9 Å². The number of carbonyl (C=O) groups excluding carboxylic acids is 1. The van der Waals surface area contributed by atoms with Crippen molar-refractivity contribution in [2.75, 3.05) is 5.32 Å². The number of hydrogen-bond acceptors (Lipinski definition) is 5. The molecule has 2 heterocycles. The lowest BCUT2D eigenvalue weighted by Gasteiger charge is -2.17. The molecule has 134 valence electrons. The zero-order chi connectivity index (χ0) is 18.8. The average molecular weight is 349 g/mol. The summed E-state index contributed by atoms with van der Waals surface area (Å²) in [5, 5.41) is 4.20. The van der Waals surface area contributed by atoms with Gasteiger partial charge in [-0.1, -0.05) is 12.1 Å². The smallest absolute Gasteiger partial charge is 0.342 e. The summed E-state index contributed by atoms with van der Waals surface area (Å²) in [5.41, 5.74) is 5.70. The Morgan fingerprint density at radius 3 is 2.62 bits per heavy atom. The van der Waals surface area contributed by atoms with Gasteiger partial charge in [-0.2, -0.15) is 0 Å². The number of esters is 1. The largest absolute Gasteiger partial charge is 0.459 e. The average Bonchev–Trinajstić information content (AvgIpc) is 2.57. The van der Waals surface area contributed by atoms with Crippen LogP contribution in [0.1, 0.15) is 41.0 Å². The maximum absolute atomic E-state index is 12.6. The Morgan fingerprint density at radius 2 is 1.88 bits per heavy atom. The Labute approximate surface area is 153 Å². The van der Waals surface area contributed by atoms with Crippen LogP contribution in [0.5, 0.6) is 0 Å². The molecule has 0 aliphatic rings. The fraction of sp³-hybridized carbons (Fsp3) is 0.286. The van der Waals surface area contributed by atoms with E-state index in [0.29, 0.717) is 16.9 Å². The second kappa shape index (κ2) is 7.12. The summed E-state index contributed by atoms with van der Waals surface area (Å²) in [4.78, 5) is 21.4. The van der Waals surface area contributed by atoms with Crippen LogP contribution < -0.4 is 5.32 Å². The van der Waals surface area contributed by atoms with E-state index < -0.39 is 5.97 Å². The van der Waals surface area contributed by atoms with E-state index in [1.54, 1.807) is 0 Å². The molecule has 0 fully saturated rings. The van der Waals surface area contributed by atoms with Crippen molar-refractivity contribution in [3.8, 4) is 0 Å². The number of anilines is 2. The zero-order valence-corrected chi connectivity index (χ0v) is 15.8. The topological polar surface area (TPSA) is 64.1 Å². The molecule has 0 bridgehead atoms. The lowest BCUT2D eigenvalue weighted by molar-refractivity contribution is 0.0379.